The van der Waals surface area contributed by atoms with Gasteiger partial charge < -0.3 is 4.74 Å². The molecule has 0 aliphatic rings. The number of hydrogen-bond acceptors (Lipinski definition) is 4. The van der Waals surface area contributed by atoms with E-state index < -0.39 is 15.1 Å². The van der Waals surface area contributed by atoms with Crippen molar-refractivity contribution in [2.45, 2.75) is 11.8 Å². The Balaban J connectivity index is 3.04. The lowest BCUT2D eigenvalue weighted by Crippen LogP contribution is -2.16. The molecular formula is C9H10O4S. The second kappa shape index (κ2) is 4.23. The van der Waals surface area contributed by atoms with Gasteiger partial charge in [0.05, 0.1) is 11.5 Å². The maximum absolute atomic E-state index is 11.4. The van der Waals surface area contributed by atoms with E-state index >= 15 is 0 Å². The van der Waals surface area contributed by atoms with Crippen LogP contribution in [0.3, 0.4) is 0 Å². The summed E-state index contributed by atoms with van der Waals surface area (Å²) in [6, 6.07) is 7.47. The minimum atomic E-state index is -3.96. The molecule has 0 aliphatic heterocycles. The largest absolute Gasteiger partial charge is 0.454 e. The molecule has 0 heterocycles. The van der Waals surface area contributed by atoms with Crippen LogP contribution in [0.1, 0.15) is 6.92 Å². The maximum Gasteiger partial charge on any atom is 0.429 e. The van der Waals surface area contributed by atoms with Gasteiger partial charge in [0.1, 0.15) is 0 Å². The number of carbonyl (C=O) groups is 1. The van der Waals surface area contributed by atoms with Gasteiger partial charge in [-0.25, -0.2) is 13.2 Å². The van der Waals surface area contributed by atoms with Crippen LogP contribution in [-0.2, 0) is 14.6 Å². The molecule has 0 unspecified atom stereocenters. The number of benzene rings is 1. The highest BCUT2D eigenvalue weighted by Crippen LogP contribution is 2.12. The van der Waals surface area contributed by atoms with Crippen molar-refractivity contribution in [3.63, 3.8) is 0 Å². The molecular weight excluding hydrogens is 204 g/mol. The van der Waals surface area contributed by atoms with Gasteiger partial charge in [-0.2, -0.15) is 0 Å². The highest BCUT2D eigenvalue weighted by atomic mass is 32.2. The fourth-order valence-electron chi connectivity index (χ4n) is 0.891. The Labute approximate surface area is 82.4 Å². The molecule has 0 saturated heterocycles. The first kappa shape index (κ1) is 10.7. The molecule has 0 fully saturated rings. The van der Waals surface area contributed by atoms with Gasteiger partial charge >= 0.3 is 5.30 Å². The predicted molar refractivity (Wildman–Crippen MR) is 50.6 cm³/mol. The van der Waals surface area contributed by atoms with E-state index in [-0.39, 0.29) is 11.5 Å². The monoisotopic (exact) mass is 214 g/mol. The second-order valence-corrected chi connectivity index (χ2v) is 4.31. The molecule has 0 atom stereocenters. The summed E-state index contributed by atoms with van der Waals surface area (Å²) in [5, 5.41) is -1.20. The molecule has 1 rings (SSSR count). The Morgan fingerprint density at radius 2 is 1.86 bits per heavy atom. The number of hydrogen-bond donors (Lipinski definition) is 0. The summed E-state index contributed by atoms with van der Waals surface area (Å²) >= 11 is 0. The van der Waals surface area contributed by atoms with Crippen LogP contribution in [0.15, 0.2) is 35.2 Å². The minimum absolute atomic E-state index is 0.0431. The summed E-state index contributed by atoms with van der Waals surface area (Å²) in [5.74, 6) is 0. The van der Waals surface area contributed by atoms with Crippen LogP contribution < -0.4 is 0 Å². The quantitative estimate of drug-likeness (QED) is 0.702. The molecule has 14 heavy (non-hydrogen) atoms. The molecule has 1 aromatic rings. The second-order valence-electron chi connectivity index (χ2n) is 2.50. The first-order valence-corrected chi connectivity index (χ1v) is 5.54. The van der Waals surface area contributed by atoms with E-state index in [1.807, 2.05) is 0 Å². The van der Waals surface area contributed by atoms with Crippen molar-refractivity contribution in [1.29, 1.82) is 0 Å². The molecule has 1 aromatic carbocycles. The molecule has 0 aliphatic carbocycles. The lowest BCUT2D eigenvalue weighted by atomic mass is 10.4. The van der Waals surface area contributed by atoms with Crippen LogP contribution in [0.2, 0.25) is 0 Å². The Morgan fingerprint density at radius 1 is 1.29 bits per heavy atom. The van der Waals surface area contributed by atoms with Crippen LogP contribution >= 0.6 is 0 Å². The zero-order chi connectivity index (χ0) is 10.6. The Hall–Kier alpha value is -1.36. The number of ether oxygens (including phenoxy) is 1. The van der Waals surface area contributed by atoms with Crippen LogP contribution in [0.25, 0.3) is 0 Å². The van der Waals surface area contributed by atoms with Gasteiger partial charge in [0, 0.05) is 0 Å². The number of rotatable bonds is 2. The molecule has 0 saturated carbocycles. The van der Waals surface area contributed by atoms with Crippen LogP contribution in [0.5, 0.6) is 0 Å². The summed E-state index contributed by atoms with van der Waals surface area (Å²) in [7, 11) is -3.96. The number of carbonyl (C=O) groups excluding carboxylic acids is 1. The van der Waals surface area contributed by atoms with Crippen molar-refractivity contribution in [2.75, 3.05) is 6.61 Å². The minimum Gasteiger partial charge on any atom is -0.454 e. The van der Waals surface area contributed by atoms with Gasteiger partial charge in [-0.3, -0.25) is 0 Å². The molecule has 0 amide bonds. The van der Waals surface area contributed by atoms with E-state index in [2.05, 4.69) is 4.74 Å². The van der Waals surface area contributed by atoms with Crippen molar-refractivity contribution in [2.24, 2.45) is 0 Å². The number of sulfone groups is 1. The summed E-state index contributed by atoms with van der Waals surface area (Å²) in [6.45, 7) is 1.60. The third-order valence-electron chi connectivity index (χ3n) is 1.54. The van der Waals surface area contributed by atoms with E-state index in [0.29, 0.717) is 0 Å². The van der Waals surface area contributed by atoms with Crippen molar-refractivity contribution < 1.29 is 17.9 Å². The highest BCUT2D eigenvalue weighted by Gasteiger charge is 2.25. The highest BCUT2D eigenvalue weighted by molar-refractivity contribution is 8.05. The zero-order valence-corrected chi connectivity index (χ0v) is 8.45. The summed E-state index contributed by atoms with van der Waals surface area (Å²) in [6.07, 6.45) is 0. The van der Waals surface area contributed by atoms with Crippen LogP contribution in [-0.4, -0.2) is 20.3 Å². The Kier molecular flexibility index (Phi) is 3.24. The third kappa shape index (κ3) is 2.11. The van der Waals surface area contributed by atoms with Crippen molar-refractivity contribution in [3.8, 4) is 0 Å². The fraction of sp³-hybridized carbons (Fsp3) is 0.222. The van der Waals surface area contributed by atoms with Gasteiger partial charge in [-0.05, 0) is 19.1 Å². The van der Waals surface area contributed by atoms with E-state index in [0.717, 1.165) is 0 Å². The van der Waals surface area contributed by atoms with Crippen LogP contribution in [0, 0.1) is 0 Å². The molecule has 5 heteroatoms. The Bertz CT molecular complexity index is 408. The van der Waals surface area contributed by atoms with Gasteiger partial charge in [0.2, 0.25) is 0 Å². The van der Waals surface area contributed by atoms with E-state index in [9.17, 15) is 13.2 Å². The van der Waals surface area contributed by atoms with Crippen molar-refractivity contribution in [1.82, 2.24) is 0 Å². The lowest BCUT2D eigenvalue weighted by molar-refractivity contribution is 0.178. The first-order chi connectivity index (χ1) is 6.59. The molecule has 0 N–H and O–H groups in total. The molecule has 0 radical (unpaired) electrons. The maximum atomic E-state index is 11.4. The summed E-state index contributed by atoms with van der Waals surface area (Å²) < 4.78 is 27.3. The zero-order valence-electron chi connectivity index (χ0n) is 7.64. The van der Waals surface area contributed by atoms with Gasteiger partial charge in [0.15, 0.2) is 0 Å². The van der Waals surface area contributed by atoms with Gasteiger partial charge in [0.25, 0.3) is 9.84 Å². The van der Waals surface area contributed by atoms with E-state index in [1.165, 1.54) is 12.1 Å². The first-order valence-electron chi connectivity index (χ1n) is 4.06. The standard InChI is InChI=1S/C9H10O4S/c1-2-13-9(10)14(11,12)8-6-4-3-5-7-8/h3-7H,2H2,1H3. The predicted octanol–water partition coefficient (Wildman–Crippen LogP) is 1.62. The van der Waals surface area contributed by atoms with Crippen LogP contribution in [0.4, 0.5) is 4.79 Å². The molecule has 0 aromatic heterocycles. The average Bonchev–Trinajstić information content (AvgIpc) is 2.19. The third-order valence-corrected chi connectivity index (χ3v) is 2.98. The SMILES string of the molecule is CCOC(=O)S(=O)(=O)c1ccccc1. The molecule has 76 valence electrons. The summed E-state index contributed by atoms with van der Waals surface area (Å²) in [5.41, 5.74) is 0. The van der Waals surface area contributed by atoms with Crippen molar-refractivity contribution >= 4 is 15.1 Å². The van der Waals surface area contributed by atoms with Crippen molar-refractivity contribution in [3.05, 3.63) is 30.3 Å². The van der Waals surface area contributed by atoms with Gasteiger partial charge in [-0.1, -0.05) is 18.2 Å². The fourth-order valence-corrected chi connectivity index (χ4v) is 1.87. The smallest absolute Gasteiger partial charge is 0.429 e. The Morgan fingerprint density at radius 3 is 2.36 bits per heavy atom. The average molecular weight is 214 g/mol. The topological polar surface area (TPSA) is 60.4 Å². The normalized spacial score (nSPS) is 10.9. The summed E-state index contributed by atoms with van der Waals surface area (Å²) in [4.78, 5) is 11.0. The van der Waals surface area contributed by atoms with E-state index in [4.69, 9.17) is 0 Å². The molecule has 0 spiro atoms. The van der Waals surface area contributed by atoms with Gasteiger partial charge in [-0.15, -0.1) is 0 Å². The molecule has 0 bridgehead atoms. The molecule has 4 nitrogen and oxygen atoms in total. The lowest BCUT2D eigenvalue weighted by Gasteiger charge is -2.02. The van der Waals surface area contributed by atoms with E-state index in [1.54, 1.807) is 25.1 Å².